The average molecular weight is 211 g/mol. The van der Waals surface area contributed by atoms with Crippen LogP contribution in [0, 0.1) is 5.92 Å². The molecule has 0 aliphatic carbocycles. The lowest BCUT2D eigenvalue weighted by Crippen LogP contribution is -2.23. The molecule has 1 rings (SSSR count). The van der Waals surface area contributed by atoms with E-state index in [1.165, 1.54) is 11.3 Å². The van der Waals surface area contributed by atoms with Crippen molar-refractivity contribution in [3.8, 4) is 0 Å². The van der Waals surface area contributed by atoms with Crippen LogP contribution in [0.1, 0.15) is 13.8 Å². The van der Waals surface area contributed by atoms with Crippen molar-refractivity contribution < 1.29 is 4.79 Å². The maximum absolute atomic E-state index is 11.2. The molecule has 0 spiro atoms. The molecular formula is C9H13N3OS. The summed E-state index contributed by atoms with van der Waals surface area (Å²) in [4.78, 5) is 15.1. The number of hydrogen-bond donors (Lipinski definition) is 2. The quantitative estimate of drug-likeness (QED) is 0.806. The smallest absolute Gasteiger partial charge is 0.315 e. The van der Waals surface area contributed by atoms with Gasteiger partial charge in [-0.2, -0.15) is 0 Å². The van der Waals surface area contributed by atoms with E-state index in [1.807, 2.05) is 19.9 Å². The molecule has 76 valence electrons. The van der Waals surface area contributed by atoms with E-state index in [0.717, 1.165) is 0 Å². The molecule has 0 atom stereocenters. The van der Waals surface area contributed by atoms with Gasteiger partial charge in [0, 0.05) is 17.8 Å². The first-order chi connectivity index (χ1) is 6.68. The standard InChI is InChI=1S/C9H13N3OS/c1-7(2)3-4-10-8(13)12-9-11-5-6-14-9/h3-7H,1-2H3,(H2,10,11,12,13)/b4-3+. The predicted molar refractivity (Wildman–Crippen MR) is 58.2 cm³/mol. The highest BCUT2D eigenvalue weighted by Crippen LogP contribution is 2.09. The van der Waals surface area contributed by atoms with Gasteiger partial charge in [-0.1, -0.05) is 19.9 Å². The van der Waals surface area contributed by atoms with Crippen molar-refractivity contribution in [2.24, 2.45) is 5.92 Å². The molecule has 0 fully saturated rings. The minimum absolute atomic E-state index is 0.267. The summed E-state index contributed by atoms with van der Waals surface area (Å²) >= 11 is 1.38. The molecular weight excluding hydrogens is 198 g/mol. The molecule has 2 N–H and O–H groups in total. The van der Waals surface area contributed by atoms with E-state index in [1.54, 1.807) is 17.8 Å². The van der Waals surface area contributed by atoms with Gasteiger partial charge in [-0.25, -0.2) is 9.78 Å². The third-order valence-corrected chi connectivity index (χ3v) is 2.04. The number of aromatic nitrogens is 1. The molecule has 0 radical (unpaired) electrons. The molecule has 0 aliphatic rings. The summed E-state index contributed by atoms with van der Waals surface area (Å²) in [6.45, 7) is 4.08. The monoisotopic (exact) mass is 211 g/mol. The zero-order chi connectivity index (χ0) is 10.4. The van der Waals surface area contributed by atoms with Gasteiger partial charge in [0.2, 0.25) is 0 Å². The summed E-state index contributed by atoms with van der Waals surface area (Å²) in [6, 6.07) is -0.267. The van der Waals surface area contributed by atoms with E-state index in [-0.39, 0.29) is 6.03 Å². The molecule has 4 nitrogen and oxygen atoms in total. The van der Waals surface area contributed by atoms with Crippen LogP contribution < -0.4 is 10.6 Å². The molecule has 1 aromatic rings. The van der Waals surface area contributed by atoms with Crippen LogP contribution >= 0.6 is 11.3 Å². The Morgan fingerprint density at radius 1 is 1.64 bits per heavy atom. The largest absolute Gasteiger partial charge is 0.324 e. The van der Waals surface area contributed by atoms with Gasteiger partial charge in [-0.05, 0) is 5.92 Å². The second kappa shape index (κ2) is 5.39. The van der Waals surface area contributed by atoms with Crippen LogP contribution in [0.2, 0.25) is 0 Å². The highest BCUT2D eigenvalue weighted by atomic mass is 32.1. The van der Waals surface area contributed by atoms with Crippen molar-refractivity contribution in [2.75, 3.05) is 5.32 Å². The Morgan fingerprint density at radius 2 is 2.43 bits per heavy atom. The number of carbonyl (C=O) groups excluding carboxylic acids is 1. The van der Waals surface area contributed by atoms with Gasteiger partial charge >= 0.3 is 6.03 Å². The first-order valence-corrected chi connectivity index (χ1v) is 5.20. The Morgan fingerprint density at radius 3 is 3.00 bits per heavy atom. The first-order valence-electron chi connectivity index (χ1n) is 4.32. The zero-order valence-electron chi connectivity index (χ0n) is 8.15. The Hall–Kier alpha value is -1.36. The summed E-state index contributed by atoms with van der Waals surface area (Å²) < 4.78 is 0. The summed E-state index contributed by atoms with van der Waals surface area (Å²) in [7, 11) is 0. The van der Waals surface area contributed by atoms with Gasteiger partial charge in [0.25, 0.3) is 0 Å². The number of anilines is 1. The van der Waals surface area contributed by atoms with E-state index in [2.05, 4.69) is 15.6 Å². The molecule has 0 saturated carbocycles. The van der Waals surface area contributed by atoms with Gasteiger partial charge in [0.05, 0.1) is 0 Å². The van der Waals surface area contributed by atoms with E-state index in [4.69, 9.17) is 0 Å². The fraction of sp³-hybridized carbons (Fsp3) is 0.333. The number of allylic oxidation sites excluding steroid dienone is 1. The number of thiazole rings is 1. The molecule has 0 aromatic carbocycles. The Bertz CT molecular complexity index is 306. The van der Waals surface area contributed by atoms with Crippen LogP contribution in [0.3, 0.4) is 0 Å². The predicted octanol–water partition coefficient (Wildman–Crippen LogP) is 2.43. The van der Waals surface area contributed by atoms with Gasteiger partial charge in [-0.3, -0.25) is 5.32 Å². The number of nitrogens with one attached hydrogen (secondary N) is 2. The summed E-state index contributed by atoms with van der Waals surface area (Å²) in [5.41, 5.74) is 0. The van der Waals surface area contributed by atoms with Crippen LogP contribution in [-0.4, -0.2) is 11.0 Å². The Balaban J connectivity index is 2.30. The molecule has 0 saturated heterocycles. The normalized spacial score (nSPS) is 10.8. The van der Waals surface area contributed by atoms with Crippen molar-refractivity contribution in [3.63, 3.8) is 0 Å². The van der Waals surface area contributed by atoms with Gasteiger partial charge < -0.3 is 5.32 Å². The maximum atomic E-state index is 11.2. The summed E-state index contributed by atoms with van der Waals surface area (Å²) in [6.07, 6.45) is 5.18. The lowest BCUT2D eigenvalue weighted by Gasteiger charge is -2.00. The Labute approximate surface area is 87.1 Å². The number of carbonyl (C=O) groups is 1. The van der Waals surface area contributed by atoms with Crippen LogP contribution in [-0.2, 0) is 0 Å². The zero-order valence-corrected chi connectivity index (χ0v) is 8.97. The maximum Gasteiger partial charge on any atom is 0.324 e. The van der Waals surface area contributed by atoms with Crippen LogP contribution in [0.15, 0.2) is 23.9 Å². The molecule has 1 heterocycles. The summed E-state index contributed by atoms with van der Waals surface area (Å²) in [5, 5.41) is 7.59. The second-order valence-electron chi connectivity index (χ2n) is 3.04. The van der Waals surface area contributed by atoms with Gasteiger partial charge in [-0.15, -0.1) is 11.3 Å². The third kappa shape index (κ3) is 4.04. The molecule has 5 heteroatoms. The first kappa shape index (κ1) is 10.7. The van der Waals surface area contributed by atoms with Crippen molar-refractivity contribution in [1.82, 2.24) is 10.3 Å². The van der Waals surface area contributed by atoms with E-state index in [9.17, 15) is 4.79 Å². The van der Waals surface area contributed by atoms with E-state index >= 15 is 0 Å². The summed E-state index contributed by atoms with van der Waals surface area (Å²) in [5.74, 6) is 0.426. The number of nitrogens with zero attached hydrogens (tertiary/aromatic N) is 1. The van der Waals surface area contributed by atoms with Crippen LogP contribution in [0.25, 0.3) is 0 Å². The highest BCUT2D eigenvalue weighted by molar-refractivity contribution is 7.13. The van der Waals surface area contributed by atoms with Crippen LogP contribution in [0.4, 0.5) is 9.93 Å². The van der Waals surface area contributed by atoms with Crippen molar-refractivity contribution in [2.45, 2.75) is 13.8 Å². The highest BCUT2D eigenvalue weighted by Gasteiger charge is 1.99. The third-order valence-electron chi connectivity index (χ3n) is 1.35. The molecule has 2 amide bonds. The number of urea groups is 1. The van der Waals surface area contributed by atoms with Crippen molar-refractivity contribution in [3.05, 3.63) is 23.9 Å². The lowest BCUT2D eigenvalue weighted by molar-refractivity contribution is 0.255. The fourth-order valence-electron chi connectivity index (χ4n) is 0.735. The van der Waals surface area contributed by atoms with Crippen LogP contribution in [0.5, 0.6) is 0 Å². The molecule has 14 heavy (non-hydrogen) atoms. The van der Waals surface area contributed by atoms with E-state index < -0.39 is 0 Å². The van der Waals surface area contributed by atoms with Crippen molar-refractivity contribution in [1.29, 1.82) is 0 Å². The molecule has 1 aromatic heterocycles. The lowest BCUT2D eigenvalue weighted by atomic mass is 10.2. The number of amides is 2. The minimum Gasteiger partial charge on any atom is -0.315 e. The van der Waals surface area contributed by atoms with Crippen molar-refractivity contribution >= 4 is 22.5 Å². The number of rotatable bonds is 3. The SMILES string of the molecule is CC(C)/C=C/NC(=O)Nc1nccs1. The number of hydrogen-bond acceptors (Lipinski definition) is 3. The Kier molecular flexibility index (Phi) is 4.12. The van der Waals surface area contributed by atoms with E-state index in [0.29, 0.717) is 11.0 Å². The topological polar surface area (TPSA) is 54.0 Å². The molecule has 0 bridgehead atoms. The minimum atomic E-state index is -0.267. The second-order valence-corrected chi connectivity index (χ2v) is 3.93. The molecule has 0 unspecified atom stereocenters. The van der Waals surface area contributed by atoms with Gasteiger partial charge in [0.15, 0.2) is 5.13 Å². The average Bonchev–Trinajstić information content (AvgIpc) is 2.56. The molecule has 0 aliphatic heterocycles. The van der Waals surface area contributed by atoms with Gasteiger partial charge in [0.1, 0.15) is 0 Å². The fourth-order valence-corrected chi connectivity index (χ4v) is 1.26.